The van der Waals surface area contributed by atoms with Crippen LogP contribution in [0.25, 0.3) is 6.08 Å². The van der Waals surface area contributed by atoms with E-state index in [0.29, 0.717) is 23.7 Å². The summed E-state index contributed by atoms with van der Waals surface area (Å²) >= 11 is 5.85. The Hall–Kier alpha value is -2.63. The molecule has 1 aliphatic heterocycles. The van der Waals surface area contributed by atoms with Crippen LogP contribution >= 0.6 is 11.6 Å². The molecule has 6 heteroatoms. The number of hydrogen-bond donors (Lipinski definition) is 1. The monoisotopic (exact) mass is 411 g/mol. The van der Waals surface area contributed by atoms with Crippen molar-refractivity contribution in [3.63, 3.8) is 0 Å². The zero-order valence-corrected chi connectivity index (χ0v) is 17.3. The molecule has 1 aliphatic rings. The number of halogens is 1. The molecule has 0 aliphatic carbocycles. The molecule has 0 bridgehead atoms. The van der Waals surface area contributed by atoms with Crippen LogP contribution in [0, 0.1) is 0 Å². The Bertz CT molecular complexity index is 844. The lowest BCUT2D eigenvalue weighted by Crippen LogP contribution is -2.54. The predicted octanol–water partition coefficient (Wildman–Crippen LogP) is 3.32. The van der Waals surface area contributed by atoms with Crippen LogP contribution < -0.4 is 5.32 Å². The Morgan fingerprint density at radius 3 is 2.34 bits per heavy atom. The zero-order valence-electron chi connectivity index (χ0n) is 16.6. The predicted molar refractivity (Wildman–Crippen MR) is 117 cm³/mol. The van der Waals surface area contributed by atoms with Crippen LogP contribution in [0.15, 0.2) is 60.7 Å². The van der Waals surface area contributed by atoms with E-state index in [-0.39, 0.29) is 11.8 Å². The van der Waals surface area contributed by atoms with Gasteiger partial charge in [-0.1, -0.05) is 54.1 Å². The maximum absolute atomic E-state index is 12.7. The van der Waals surface area contributed by atoms with E-state index in [0.717, 1.165) is 19.6 Å². The Kier molecular flexibility index (Phi) is 7.44. The first-order valence-corrected chi connectivity index (χ1v) is 10.2. The zero-order chi connectivity index (χ0) is 20.6. The second kappa shape index (κ2) is 10.2. The molecule has 0 radical (unpaired) electrons. The molecular weight excluding hydrogens is 386 g/mol. The number of nitrogens with one attached hydrogen (secondary N) is 1. The van der Waals surface area contributed by atoms with Crippen molar-refractivity contribution in [1.82, 2.24) is 15.1 Å². The van der Waals surface area contributed by atoms with E-state index in [2.05, 4.69) is 34.5 Å². The molecule has 2 amide bonds. The molecule has 1 saturated heterocycles. The van der Waals surface area contributed by atoms with E-state index >= 15 is 0 Å². The van der Waals surface area contributed by atoms with Crippen LogP contribution in [-0.4, -0.2) is 60.4 Å². The third-order valence-electron chi connectivity index (χ3n) is 4.98. The summed E-state index contributed by atoms with van der Waals surface area (Å²) in [4.78, 5) is 29.1. The molecular formula is C23H26ClN3O2. The number of carbonyl (C=O) groups excluding carboxylic acids is 2. The molecule has 1 atom stereocenters. The minimum absolute atomic E-state index is 0.0493. The van der Waals surface area contributed by atoms with Gasteiger partial charge in [-0.2, -0.15) is 0 Å². The first kappa shape index (κ1) is 21.1. The van der Waals surface area contributed by atoms with E-state index in [4.69, 9.17) is 11.6 Å². The molecule has 5 nitrogen and oxygen atoms in total. The summed E-state index contributed by atoms with van der Waals surface area (Å²) in [7, 11) is 0. The van der Waals surface area contributed by atoms with E-state index in [1.54, 1.807) is 31.2 Å². The summed E-state index contributed by atoms with van der Waals surface area (Å²) in [5.41, 5.74) is 1.68. The van der Waals surface area contributed by atoms with Gasteiger partial charge in [0, 0.05) is 43.3 Å². The summed E-state index contributed by atoms with van der Waals surface area (Å²) in [6, 6.07) is 16.3. The minimum atomic E-state index is -0.567. The van der Waals surface area contributed by atoms with Gasteiger partial charge < -0.3 is 10.2 Å². The van der Waals surface area contributed by atoms with Crippen molar-refractivity contribution in [2.75, 3.05) is 32.7 Å². The molecule has 1 fully saturated rings. The first-order chi connectivity index (χ1) is 14.0. The molecule has 1 N–H and O–H groups in total. The van der Waals surface area contributed by atoms with Gasteiger partial charge in [-0.25, -0.2) is 0 Å². The summed E-state index contributed by atoms with van der Waals surface area (Å²) < 4.78 is 0. The number of carbonyl (C=O) groups is 2. The van der Waals surface area contributed by atoms with Crippen LogP contribution in [0.1, 0.15) is 22.8 Å². The molecule has 3 rings (SSSR count). The highest BCUT2D eigenvalue weighted by molar-refractivity contribution is 6.30. The summed E-state index contributed by atoms with van der Waals surface area (Å²) in [6.07, 6.45) is 4.27. The second-order valence-electron chi connectivity index (χ2n) is 7.14. The second-order valence-corrected chi connectivity index (χ2v) is 7.58. The molecule has 0 saturated carbocycles. The average molecular weight is 412 g/mol. The van der Waals surface area contributed by atoms with Gasteiger partial charge in [0.15, 0.2) is 0 Å². The van der Waals surface area contributed by atoms with Crippen LogP contribution in [0.2, 0.25) is 5.02 Å². The fourth-order valence-electron chi connectivity index (χ4n) is 3.27. The summed E-state index contributed by atoms with van der Waals surface area (Å²) in [6.45, 7) is 5.56. The van der Waals surface area contributed by atoms with Gasteiger partial charge in [0.25, 0.3) is 5.91 Å². The maximum atomic E-state index is 12.7. The number of hydrogen-bond acceptors (Lipinski definition) is 3. The minimum Gasteiger partial charge on any atom is -0.341 e. The summed E-state index contributed by atoms with van der Waals surface area (Å²) in [5, 5.41) is 3.35. The lowest BCUT2D eigenvalue weighted by atomic mass is 10.2. The van der Waals surface area contributed by atoms with Gasteiger partial charge >= 0.3 is 0 Å². The van der Waals surface area contributed by atoms with Crippen LogP contribution in [0.4, 0.5) is 0 Å². The van der Waals surface area contributed by atoms with Crippen LogP contribution in [-0.2, 0) is 4.79 Å². The Morgan fingerprint density at radius 1 is 1.03 bits per heavy atom. The van der Waals surface area contributed by atoms with E-state index in [1.165, 1.54) is 5.56 Å². The summed E-state index contributed by atoms with van der Waals surface area (Å²) in [5.74, 6) is -0.320. The van der Waals surface area contributed by atoms with E-state index in [1.807, 2.05) is 23.1 Å². The molecule has 29 heavy (non-hydrogen) atoms. The number of nitrogens with zero attached hydrogens (tertiary/aromatic N) is 2. The number of rotatable bonds is 6. The fourth-order valence-corrected chi connectivity index (χ4v) is 3.40. The number of amides is 2. The normalized spacial score (nSPS) is 16.0. The average Bonchev–Trinajstić information content (AvgIpc) is 2.75. The Labute approximate surface area is 177 Å². The largest absolute Gasteiger partial charge is 0.341 e. The lowest BCUT2D eigenvalue weighted by Gasteiger charge is -2.35. The number of benzene rings is 2. The molecule has 1 heterocycles. The highest BCUT2D eigenvalue weighted by Crippen LogP contribution is 2.10. The molecule has 2 aromatic carbocycles. The van der Waals surface area contributed by atoms with Crippen molar-refractivity contribution < 1.29 is 9.59 Å². The topological polar surface area (TPSA) is 52.7 Å². The van der Waals surface area contributed by atoms with Crippen LogP contribution in [0.5, 0.6) is 0 Å². The smallest absolute Gasteiger partial charge is 0.251 e. The Morgan fingerprint density at radius 2 is 1.69 bits per heavy atom. The van der Waals surface area contributed by atoms with Gasteiger partial charge in [0.2, 0.25) is 5.91 Å². The van der Waals surface area contributed by atoms with Gasteiger partial charge in [0.1, 0.15) is 6.04 Å². The van der Waals surface area contributed by atoms with Gasteiger partial charge in [-0.05, 0) is 36.8 Å². The highest BCUT2D eigenvalue weighted by atomic mass is 35.5. The number of piperazine rings is 1. The van der Waals surface area contributed by atoms with Crippen molar-refractivity contribution in [2.45, 2.75) is 13.0 Å². The molecule has 152 valence electrons. The third-order valence-corrected chi connectivity index (χ3v) is 5.23. The maximum Gasteiger partial charge on any atom is 0.251 e. The molecule has 2 aromatic rings. The Balaban J connectivity index is 1.43. The highest BCUT2D eigenvalue weighted by Gasteiger charge is 2.25. The molecule has 1 unspecified atom stereocenters. The van der Waals surface area contributed by atoms with Gasteiger partial charge in [0.05, 0.1) is 0 Å². The SMILES string of the molecule is CC(NC(=O)c1ccc(Cl)cc1)C(=O)N1CCN(C/C=C/c2ccccc2)CC1. The lowest BCUT2D eigenvalue weighted by molar-refractivity contribution is -0.134. The molecule has 0 spiro atoms. The van der Waals surface area contributed by atoms with Crippen molar-refractivity contribution in [1.29, 1.82) is 0 Å². The van der Waals surface area contributed by atoms with Crippen molar-refractivity contribution >= 4 is 29.5 Å². The van der Waals surface area contributed by atoms with Crippen LogP contribution in [0.3, 0.4) is 0 Å². The van der Waals surface area contributed by atoms with E-state index in [9.17, 15) is 9.59 Å². The molecule has 0 aromatic heterocycles. The fraction of sp³-hybridized carbons (Fsp3) is 0.304. The third kappa shape index (κ3) is 6.17. The van der Waals surface area contributed by atoms with E-state index < -0.39 is 6.04 Å². The van der Waals surface area contributed by atoms with Gasteiger partial charge in [-0.3, -0.25) is 14.5 Å². The van der Waals surface area contributed by atoms with Crippen molar-refractivity contribution in [3.8, 4) is 0 Å². The quantitative estimate of drug-likeness (QED) is 0.793. The first-order valence-electron chi connectivity index (χ1n) is 9.82. The standard InChI is InChI=1S/C23H26ClN3O2/c1-18(25-22(28)20-9-11-21(24)12-10-20)23(29)27-16-14-26(15-17-27)13-5-8-19-6-3-2-4-7-19/h2-12,18H,13-17H2,1H3,(H,25,28)/b8-5+. The van der Waals surface area contributed by atoms with Crippen molar-refractivity contribution in [2.24, 2.45) is 0 Å². The van der Waals surface area contributed by atoms with Crippen molar-refractivity contribution in [3.05, 3.63) is 76.8 Å². The van der Waals surface area contributed by atoms with Gasteiger partial charge in [-0.15, -0.1) is 0 Å².